The van der Waals surface area contributed by atoms with Crippen molar-refractivity contribution < 1.29 is 13.2 Å². The summed E-state index contributed by atoms with van der Waals surface area (Å²) in [5.74, 6) is -0.428. The fourth-order valence-corrected chi connectivity index (χ4v) is 5.41. The fourth-order valence-electron chi connectivity index (χ4n) is 3.08. The van der Waals surface area contributed by atoms with Gasteiger partial charge in [0.05, 0.1) is 15.6 Å². The summed E-state index contributed by atoms with van der Waals surface area (Å²) in [5, 5.41) is 3.67. The first-order valence-electron chi connectivity index (χ1n) is 8.71. The Bertz CT molecular complexity index is 958. The average Bonchev–Trinajstić information content (AvgIpc) is 2.70. The Hall–Kier alpha value is -1.25. The highest BCUT2D eigenvalue weighted by Crippen LogP contribution is 2.29. The lowest BCUT2D eigenvalue weighted by atomic mass is 9.97. The van der Waals surface area contributed by atoms with Crippen LogP contribution in [-0.4, -0.2) is 38.0 Å². The molecule has 0 unspecified atom stereocenters. The van der Waals surface area contributed by atoms with Crippen LogP contribution in [-0.2, 0) is 14.8 Å². The number of carbonyl (C=O) groups excluding carboxylic acids is 1. The van der Waals surface area contributed by atoms with Crippen molar-refractivity contribution in [3.05, 3.63) is 52.5 Å². The Morgan fingerprint density at radius 2 is 1.75 bits per heavy atom. The zero-order valence-corrected chi connectivity index (χ0v) is 18.3. The van der Waals surface area contributed by atoms with Crippen molar-refractivity contribution in [1.29, 1.82) is 0 Å². The van der Waals surface area contributed by atoms with Crippen molar-refractivity contribution in [2.75, 3.05) is 24.7 Å². The number of nitrogens with zero attached hydrogens (tertiary/aromatic N) is 1. The first-order valence-corrected chi connectivity index (χ1v) is 12.1. The fraction of sp³-hybridized carbons (Fsp3) is 0.316. The second-order valence-electron chi connectivity index (χ2n) is 6.47. The minimum Gasteiger partial charge on any atom is -0.325 e. The van der Waals surface area contributed by atoms with Crippen molar-refractivity contribution in [2.45, 2.75) is 22.6 Å². The SMILES string of the molecule is CSc1ccc(S(=O)(=O)N2CCC(C(=O)Nc3ccc(Cl)cc3Cl)CC2)cc1. The third-order valence-electron chi connectivity index (χ3n) is 4.71. The number of piperidine rings is 1. The molecule has 1 aliphatic rings. The molecular weight excluding hydrogens is 439 g/mol. The summed E-state index contributed by atoms with van der Waals surface area (Å²) in [6.07, 6.45) is 2.86. The maximum absolute atomic E-state index is 12.8. The van der Waals surface area contributed by atoms with Gasteiger partial charge in [-0.15, -0.1) is 11.8 Å². The van der Waals surface area contributed by atoms with Crippen LogP contribution in [0.5, 0.6) is 0 Å². The third-order valence-corrected chi connectivity index (χ3v) is 7.92. The Labute approximate surface area is 179 Å². The van der Waals surface area contributed by atoms with Crippen LogP contribution >= 0.6 is 35.0 Å². The maximum Gasteiger partial charge on any atom is 0.243 e. The predicted octanol–water partition coefficient (Wildman–Crippen LogP) is 4.75. The number of rotatable bonds is 5. The van der Waals surface area contributed by atoms with E-state index in [0.29, 0.717) is 41.7 Å². The lowest BCUT2D eigenvalue weighted by molar-refractivity contribution is -0.120. The zero-order chi connectivity index (χ0) is 20.3. The van der Waals surface area contributed by atoms with Crippen molar-refractivity contribution in [3.8, 4) is 0 Å². The van der Waals surface area contributed by atoms with Crippen LogP contribution in [0.3, 0.4) is 0 Å². The molecule has 0 aliphatic carbocycles. The number of hydrogen-bond acceptors (Lipinski definition) is 4. The number of thioether (sulfide) groups is 1. The standard InChI is InChI=1S/C19H20Cl2N2O3S2/c1-27-15-3-5-16(6-4-15)28(25,26)23-10-8-13(9-11-23)19(24)22-18-7-2-14(20)12-17(18)21/h2-7,12-13H,8-11H2,1H3,(H,22,24). The van der Waals surface area contributed by atoms with Gasteiger partial charge in [0.15, 0.2) is 0 Å². The molecule has 0 spiro atoms. The molecule has 2 aromatic rings. The summed E-state index contributed by atoms with van der Waals surface area (Å²) in [6.45, 7) is 0.609. The third kappa shape index (κ3) is 4.83. The largest absolute Gasteiger partial charge is 0.325 e. The molecule has 1 fully saturated rings. The second kappa shape index (κ2) is 9.05. The summed E-state index contributed by atoms with van der Waals surface area (Å²) < 4.78 is 27.1. The van der Waals surface area contributed by atoms with E-state index in [1.54, 1.807) is 54.2 Å². The summed E-state index contributed by atoms with van der Waals surface area (Å²) in [4.78, 5) is 13.8. The summed E-state index contributed by atoms with van der Waals surface area (Å²) in [5.41, 5.74) is 0.500. The van der Waals surface area contributed by atoms with Crippen molar-refractivity contribution in [1.82, 2.24) is 4.31 Å². The topological polar surface area (TPSA) is 66.5 Å². The van der Waals surface area contributed by atoms with Gasteiger partial charge in [-0.25, -0.2) is 8.42 Å². The van der Waals surface area contributed by atoms with Crippen LogP contribution < -0.4 is 5.32 Å². The Kier molecular flexibility index (Phi) is 6.94. The van der Waals surface area contributed by atoms with Gasteiger partial charge in [-0.2, -0.15) is 4.31 Å². The minimum atomic E-state index is -3.55. The van der Waals surface area contributed by atoms with Crippen molar-refractivity contribution >= 4 is 56.6 Å². The van der Waals surface area contributed by atoms with Gasteiger partial charge in [0.2, 0.25) is 15.9 Å². The molecule has 1 N–H and O–H groups in total. The molecule has 1 aliphatic heterocycles. The highest BCUT2D eigenvalue weighted by atomic mass is 35.5. The van der Waals surface area contributed by atoms with Crippen molar-refractivity contribution in [3.63, 3.8) is 0 Å². The smallest absolute Gasteiger partial charge is 0.243 e. The number of carbonyl (C=O) groups is 1. The summed E-state index contributed by atoms with van der Waals surface area (Å²) >= 11 is 13.5. The van der Waals surface area contributed by atoms with E-state index in [1.807, 2.05) is 6.26 Å². The van der Waals surface area contributed by atoms with Gasteiger partial charge < -0.3 is 5.32 Å². The van der Waals surface area contributed by atoms with Crippen LogP contribution in [0.15, 0.2) is 52.3 Å². The molecule has 0 saturated carbocycles. The molecule has 0 bridgehead atoms. The number of sulfonamides is 1. The molecule has 150 valence electrons. The number of nitrogens with one attached hydrogen (secondary N) is 1. The molecule has 3 rings (SSSR count). The molecule has 9 heteroatoms. The van der Waals surface area contributed by atoms with Crippen LogP contribution in [0, 0.1) is 5.92 Å². The maximum atomic E-state index is 12.8. The molecule has 28 heavy (non-hydrogen) atoms. The highest BCUT2D eigenvalue weighted by Gasteiger charge is 2.32. The van der Waals surface area contributed by atoms with Gasteiger partial charge in [-0.05, 0) is 61.6 Å². The molecule has 0 atom stereocenters. The van der Waals surface area contributed by atoms with Gasteiger partial charge in [0.25, 0.3) is 0 Å². The first-order chi connectivity index (χ1) is 13.3. The Balaban J connectivity index is 1.62. The quantitative estimate of drug-likeness (QED) is 0.656. The monoisotopic (exact) mass is 458 g/mol. The molecule has 2 aromatic carbocycles. The van der Waals surface area contributed by atoms with Crippen molar-refractivity contribution in [2.24, 2.45) is 5.92 Å². The van der Waals surface area contributed by atoms with E-state index < -0.39 is 10.0 Å². The number of anilines is 1. The second-order valence-corrected chi connectivity index (χ2v) is 10.1. The molecule has 1 heterocycles. The number of benzene rings is 2. The van der Waals surface area contributed by atoms with Crippen LogP contribution in [0.25, 0.3) is 0 Å². The summed E-state index contributed by atoms with van der Waals surface area (Å²) in [6, 6.07) is 11.7. The number of hydrogen-bond donors (Lipinski definition) is 1. The minimum absolute atomic E-state index is 0.161. The Morgan fingerprint density at radius 1 is 1.11 bits per heavy atom. The lowest BCUT2D eigenvalue weighted by Gasteiger charge is -2.30. The van der Waals surface area contributed by atoms with Gasteiger partial charge in [0, 0.05) is 28.9 Å². The highest BCUT2D eigenvalue weighted by molar-refractivity contribution is 7.98. The van der Waals surface area contributed by atoms with E-state index in [0.717, 1.165) is 4.90 Å². The predicted molar refractivity (Wildman–Crippen MR) is 115 cm³/mol. The lowest BCUT2D eigenvalue weighted by Crippen LogP contribution is -2.41. The zero-order valence-electron chi connectivity index (χ0n) is 15.2. The first kappa shape index (κ1) is 21.5. The number of halogens is 2. The molecule has 0 aromatic heterocycles. The summed E-state index contributed by atoms with van der Waals surface area (Å²) in [7, 11) is -3.55. The van der Waals surface area contributed by atoms with E-state index in [4.69, 9.17) is 23.2 Å². The van der Waals surface area contributed by atoms with Gasteiger partial charge >= 0.3 is 0 Å². The van der Waals surface area contributed by atoms with E-state index in [2.05, 4.69) is 5.32 Å². The Morgan fingerprint density at radius 3 is 2.32 bits per heavy atom. The van der Waals surface area contributed by atoms with E-state index in [1.165, 1.54) is 4.31 Å². The van der Waals surface area contributed by atoms with E-state index in [-0.39, 0.29) is 16.7 Å². The molecule has 0 radical (unpaired) electrons. The molecule has 5 nitrogen and oxygen atoms in total. The van der Waals surface area contributed by atoms with Gasteiger partial charge in [-0.1, -0.05) is 23.2 Å². The van der Waals surface area contributed by atoms with E-state index in [9.17, 15) is 13.2 Å². The molecule has 1 amide bonds. The molecular formula is C19H20Cl2N2O3S2. The van der Waals surface area contributed by atoms with Crippen LogP contribution in [0.1, 0.15) is 12.8 Å². The molecule has 1 saturated heterocycles. The van der Waals surface area contributed by atoms with E-state index >= 15 is 0 Å². The average molecular weight is 459 g/mol. The van der Waals surface area contributed by atoms with Crippen LogP contribution in [0.2, 0.25) is 10.0 Å². The number of amides is 1. The normalized spacial score (nSPS) is 16.1. The van der Waals surface area contributed by atoms with Gasteiger partial charge in [0.1, 0.15) is 0 Å². The van der Waals surface area contributed by atoms with Gasteiger partial charge in [-0.3, -0.25) is 4.79 Å². The van der Waals surface area contributed by atoms with Crippen LogP contribution in [0.4, 0.5) is 5.69 Å².